The SMILES string of the molecule is O=C(Cn1nc2c(c1NC(=O)CSc1ncccn1)CSC2)NCc1ccco1. The van der Waals surface area contributed by atoms with Crippen LogP contribution in [0.5, 0.6) is 0 Å². The van der Waals surface area contributed by atoms with Crippen LogP contribution in [-0.2, 0) is 34.2 Å². The zero-order valence-corrected chi connectivity index (χ0v) is 17.0. The largest absolute Gasteiger partial charge is 0.467 e. The molecule has 0 unspecified atom stereocenters. The lowest BCUT2D eigenvalue weighted by Gasteiger charge is -2.11. The van der Waals surface area contributed by atoms with Gasteiger partial charge >= 0.3 is 0 Å². The molecule has 0 spiro atoms. The zero-order chi connectivity index (χ0) is 20.1. The molecule has 0 bridgehead atoms. The van der Waals surface area contributed by atoms with Gasteiger partial charge in [0.2, 0.25) is 11.8 Å². The van der Waals surface area contributed by atoms with Crippen molar-refractivity contribution >= 4 is 41.2 Å². The third-order valence-corrected chi connectivity index (χ3v) is 5.93. The molecule has 0 radical (unpaired) electrons. The summed E-state index contributed by atoms with van der Waals surface area (Å²) in [5.41, 5.74) is 1.88. The van der Waals surface area contributed by atoms with Crippen LogP contribution < -0.4 is 10.6 Å². The Morgan fingerprint density at radius 2 is 2.07 bits per heavy atom. The Hall–Kier alpha value is -2.79. The highest BCUT2D eigenvalue weighted by Crippen LogP contribution is 2.34. The normalized spacial score (nSPS) is 12.6. The highest BCUT2D eigenvalue weighted by Gasteiger charge is 2.25. The Labute approximate surface area is 175 Å². The van der Waals surface area contributed by atoms with Gasteiger partial charge in [0.1, 0.15) is 18.1 Å². The maximum absolute atomic E-state index is 12.5. The molecule has 0 aromatic carbocycles. The number of carbonyl (C=O) groups is 2. The molecule has 3 aromatic heterocycles. The molecular formula is C18H18N6O3S2. The molecule has 11 heteroatoms. The van der Waals surface area contributed by atoms with Gasteiger partial charge < -0.3 is 15.1 Å². The molecular weight excluding hydrogens is 412 g/mol. The Morgan fingerprint density at radius 1 is 1.21 bits per heavy atom. The van der Waals surface area contributed by atoms with E-state index in [1.807, 2.05) is 0 Å². The highest BCUT2D eigenvalue weighted by atomic mass is 32.2. The molecule has 2 N–H and O–H groups in total. The van der Waals surface area contributed by atoms with Crippen molar-refractivity contribution in [2.45, 2.75) is 29.8 Å². The number of nitrogens with zero attached hydrogens (tertiary/aromatic N) is 4. The second-order valence-corrected chi connectivity index (χ2v) is 8.08. The molecule has 9 nitrogen and oxygen atoms in total. The number of furan rings is 1. The summed E-state index contributed by atoms with van der Waals surface area (Å²) in [6, 6.07) is 5.28. The third-order valence-electron chi connectivity index (χ3n) is 4.08. The fourth-order valence-corrected chi connectivity index (χ4v) is 4.41. The first kappa shape index (κ1) is 19.5. The van der Waals surface area contributed by atoms with Crippen LogP contribution in [0.25, 0.3) is 0 Å². The first-order chi connectivity index (χ1) is 14.2. The van der Waals surface area contributed by atoms with E-state index in [-0.39, 0.29) is 24.1 Å². The summed E-state index contributed by atoms with van der Waals surface area (Å²) in [5, 5.41) is 10.8. The topological polar surface area (TPSA) is 115 Å². The van der Waals surface area contributed by atoms with Crippen LogP contribution in [0.3, 0.4) is 0 Å². The maximum atomic E-state index is 12.5. The zero-order valence-electron chi connectivity index (χ0n) is 15.3. The molecule has 0 saturated carbocycles. The molecule has 2 amide bonds. The lowest BCUT2D eigenvalue weighted by molar-refractivity contribution is -0.122. The van der Waals surface area contributed by atoms with Gasteiger partial charge in [-0.15, -0.1) is 0 Å². The van der Waals surface area contributed by atoms with Gasteiger partial charge in [-0.2, -0.15) is 16.9 Å². The predicted octanol–water partition coefficient (Wildman–Crippen LogP) is 2.06. The van der Waals surface area contributed by atoms with Gasteiger partial charge in [-0.05, 0) is 18.2 Å². The van der Waals surface area contributed by atoms with Crippen LogP contribution in [0, 0.1) is 0 Å². The van der Waals surface area contributed by atoms with E-state index < -0.39 is 0 Å². The lowest BCUT2D eigenvalue weighted by atomic mass is 10.3. The van der Waals surface area contributed by atoms with Gasteiger partial charge in [0, 0.05) is 29.5 Å². The summed E-state index contributed by atoms with van der Waals surface area (Å²) in [6.07, 6.45) is 4.82. The fourth-order valence-electron chi connectivity index (χ4n) is 2.77. The molecule has 4 rings (SSSR count). The number of fused-ring (bicyclic) bond motifs is 1. The van der Waals surface area contributed by atoms with Crippen LogP contribution in [0.4, 0.5) is 5.82 Å². The average Bonchev–Trinajstić information content (AvgIpc) is 3.46. The highest BCUT2D eigenvalue weighted by molar-refractivity contribution is 7.99. The average molecular weight is 431 g/mol. The third kappa shape index (κ3) is 4.98. The van der Waals surface area contributed by atoms with Crippen molar-refractivity contribution in [2.24, 2.45) is 0 Å². The van der Waals surface area contributed by atoms with Crippen molar-refractivity contribution in [1.29, 1.82) is 0 Å². The van der Waals surface area contributed by atoms with Crippen LogP contribution in [0.15, 0.2) is 46.4 Å². The maximum Gasteiger partial charge on any atom is 0.242 e. The van der Waals surface area contributed by atoms with E-state index >= 15 is 0 Å². The lowest BCUT2D eigenvalue weighted by Crippen LogP contribution is -2.29. The van der Waals surface area contributed by atoms with Crippen LogP contribution in [0.2, 0.25) is 0 Å². The number of nitrogens with one attached hydrogen (secondary N) is 2. The fraction of sp³-hybridized carbons (Fsp3) is 0.278. The minimum Gasteiger partial charge on any atom is -0.467 e. The Morgan fingerprint density at radius 3 is 2.86 bits per heavy atom. The Kier molecular flexibility index (Phi) is 6.15. The smallest absolute Gasteiger partial charge is 0.242 e. The Balaban J connectivity index is 1.39. The first-order valence-electron chi connectivity index (χ1n) is 8.84. The van der Waals surface area contributed by atoms with Crippen molar-refractivity contribution in [3.63, 3.8) is 0 Å². The summed E-state index contributed by atoms with van der Waals surface area (Å²) < 4.78 is 6.77. The van der Waals surface area contributed by atoms with Crippen LogP contribution in [0.1, 0.15) is 17.0 Å². The summed E-state index contributed by atoms with van der Waals surface area (Å²) in [5.74, 6) is 2.54. The van der Waals surface area contributed by atoms with Crippen molar-refractivity contribution in [1.82, 2.24) is 25.1 Å². The number of rotatable bonds is 8. The molecule has 1 aliphatic rings. The first-order valence-corrected chi connectivity index (χ1v) is 11.0. The van der Waals surface area contributed by atoms with Crippen molar-refractivity contribution in [3.05, 3.63) is 53.9 Å². The van der Waals surface area contributed by atoms with E-state index in [9.17, 15) is 9.59 Å². The number of carbonyl (C=O) groups excluding carboxylic acids is 2. The van der Waals surface area contributed by atoms with E-state index in [2.05, 4.69) is 25.7 Å². The number of hydrogen-bond acceptors (Lipinski definition) is 8. The minimum atomic E-state index is -0.210. The molecule has 0 fully saturated rings. The number of thioether (sulfide) groups is 2. The summed E-state index contributed by atoms with van der Waals surface area (Å²) >= 11 is 2.98. The Bertz CT molecular complexity index is 991. The molecule has 3 aromatic rings. The van der Waals surface area contributed by atoms with Crippen LogP contribution in [-0.4, -0.2) is 37.3 Å². The van der Waals surface area contributed by atoms with E-state index in [1.165, 1.54) is 11.8 Å². The number of anilines is 1. The number of aromatic nitrogens is 4. The summed E-state index contributed by atoms with van der Waals surface area (Å²) in [6.45, 7) is 0.320. The second kappa shape index (κ2) is 9.14. The minimum absolute atomic E-state index is 0.0168. The number of amides is 2. The van der Waals surface area contributed by atoms with E-state index in [1.54, 1.807) is 53.3 Å². The number of hydrogen-bond donors (Lipinski definition) is 2. The van der Waals surface area contributed by atoms with E-state index in [4.69, 9.17) is 4.42 Å². The van der Waals surface area contributed by atoms with Crippen molar-refractivity contribution in [3.8, 4) is 0 Å². The summed E-state index contributed by atoms with van der Waals surface area (Å²) in [7, 11) is 0. The van der Waals surface area contributed by atoms with Gasteiger partial charge in [0.25, 0.3) is 0 Å². The van der Waals surface area contributed by atoms with E-state index in [0.29, 0.717) is 23.3 Å². The molecule has 150 valence electrons. The van der Waals surface area contributed by atoms with Gasteiger partial charge in [0.15, 0.2) is 5.16 Å². The molecule has 29 heavy (non-hydrogen) atoms. The summed E-state index contributed by atoms with van der Waals surface area (Å²) in [4.78, 5) is 33.0. The van der Waals surface area contributed by atoms with Crippen LogP contribution >= 0.6 is 23.5 Å². The van der Waals surface area contributed by atoms with Crippen molar-refractivity contribution in [2.75, 3.05) is 11.1 Å². The molecule has 0 saturated heterocycles. The molecule has 0 atom stereocenters. The molecule has 4 heterocycles. The predicted molar refractivity (Wildman–Crippen MR) is 109 cm³/mol. The van der Waals surface area contributed by atoms with Gasteiger partial charge in [-0.25, -0.2) is 14.6 Å². The quantitative estimate of drug-likeness (QED) is 0.412. The van der Waals surface area contributed by atoms with Gasteiger partial charge in [0.05, 0.1) is 24.3 Å². The van der Waals surface area contributed by atoms with Gasteiger partial charge in [-0.3, -0.25) is 9.59 Å². The van der Waals surface area contributed by atoms with Crippen molar-refractivity contribution < 1.29 is 14.0 Å². The standard InChI is InChI=1S/C18H18N6O3S2/c25-15(21-7-12-3-1-6-27-12)8-24-17(13-9-28-10-14(13)23-24)22-16(26)11-29-18-19-4-2-5-20-18/h1-6H,7-11H2,(H,21,25)(H,22,26). The van der Waals surface area contributed by atoms with E-state index in [0.717, 1.165) is 22.8 Å². The monoisotopic (exact) mass is 430 g/mol. The second-order valence-electron chi connectivity index (χ2n) is 6.15. The molecule has 0 aliphatic carbocycles. The molecule has 1 aliphatic heterocycles. The van der Waals surface area contributed by atoms with Gasteiger partial charge in [-0.1, -0.05) is 11.8 Å².